The van der Waals surface area contributed by atoms with Crippen molar-refractivity contribution in [2.24, 2.45) is 0 Å². The molecule has 0 bridgehead atoms. The molecule has 3 rings (SSSR count). The Kier molecular flexibility index (Phi) is 3.88. The molecule has 0 aromatic heterocycles. The van der Waals surface area contributed by atoms with E-state index in [1.807, 2.05) is 0 Å². The molecule has 2 N–H and O–H groups in total. The zero-order valence-electron chi connectivity index (χ0n) is 13.2. The second-order valence-corrected chi connectivity index (χ2v) is 7.38. The van der Waals surface area contributed by atoms with Crippen LogP contribution in [0, 0.1) is 0 Å². The van der Waals surface area contributed by atoms with Gasteiger partial charge >= 0.3 is 0 Å². The molecule has 2 aromatic rings. The maximum atomic E-state index is 12.5. The van der Waals surface area contributed by atoms with Crippen LogP contribution in [0.3, 0.4) is 0 Å². The third-order valence-electron chi connectivity index (χ3n) is 3.97. The first-order valence-corrected chi connectivity index (χ1v) is 8.85. The highest BCUT2D eigenvalue weighted by Crippen LogP contribution is 2.34. The van der Waals surface area contributed by atoms with Crippen molar-refractivity contribution in [3.63, 3.8) is 0 Å². The molecule has 24 heavy (non-hydrogen) atoms. The van der Waals surface area contributed by atoms with Crippen LogP contribution in [0.2, 0.25) is 0 Å². The van der Waals surface area contributed by atoms with Crippen LogP contribution >= 0.6 is 0 Å². The molecule has 0 spiro atoms. The molecule has 0 fully saturated rings. The fourth-order valence-corrected chi connectivity index (χ4v) is 3.67. The number of amides is 1. The molecule has 1 unspecified atom stereocenters. The number of Topliss-reactive ketones (excluding diaryl/α,β-unsaturated/α-hetero) is 1. The number of sulfonamides is 1. The van der Waals surface area contributed by atoms with E-state index in [9.17, 15) is 18.0 Å². The minimum atomic E-state index is -3.83. The Morgan fingerprint density at radius 1 is 1.17 bits per heavy atom. The number of carbonyl (C=O) groups is 2. The Morgan fingerprint density at radius 2 is 1.92 bits per heavy atom. The summed E-state index contributed by atoms with van der Waals surface area (Å²) in [5.74, 6) is -0.646. The largest absolute Gasteiger partial charge is 0.325 e. The van der Waals surface area contributed by atoms with Crippen molar-refractivity contribution in [1.82, 2.24) is 0 Å². The van der Waals surface area contributed by atoms with Gasteiger partial charge in [-0.25, -0.2) is 8.42 Å². The molecule has 0 aliphatic carbocycles. The van der Waals surface area contributed by atoms with Crippen molar-refractivity contribution in [2.75, 3.05) is 10.0 Å². The van der Waals surface area contributed by atoms with Gasteiger partial charge in [-0.1, -0.05) is 12.1 Å². The molecule has 1 aliphatic rings. The summed E-state index contributed by atoms with van der Waals surface area (Å²) in [6.45, 7) is 3.14. The van der Waals surface area contributed by atoms with E-state index in [0.717, 1.165) is 5.56 Å². The Balaban J connectivity index is 1.92. The van der Waals surface area contributed by atoms with Gasteiger partial charge in [0, 0.05) is 16.9 Å². The summed E-state index contributed by atoms with van der Waals surface area (Å²) in [5.41, 5.74) is 2.13. The number of carbonyl (C=O) groups excluding carboxylic acids is 2. The molecule has 2 aromatic carbocycles. The van der Waals surface area contributed by atoms with Gasteiger partial charge in [-0.15, -0.1) is 0 Å². The first-order chi connectivity index (χ1) is 11.3. The number of ketones is 1. The quantitative estimate of drug-likeness (QED) is 0.834. The molecule has 1 heterocycles. The van der Waals surface area contributed by atoms with Gasteiger partial charge in [-0.05, 0) is 49.7 Å². The molecule has 0 radical (unpaired) electrons. The molecule has 0 saturated heterocycles. The number of anilines is 2. The van der Waals surface area contributed by atoms with E-state index in [-0.39, 0.29) is 22.5 Å². The fraction of sp³-hybridized carbons (Fsp3) is 0.176. The van der Waals surface area contributed by atoms with Gasteiger partial charge in [-0.3, -0.25) is 14.3 Å². The topological polar surface area (TPSA) is 92.3 Å². The van der Waals surface area contributed by atoms with E-state index >= 15 is 0 Å². The van der Waals surface area contributed by atoms with E-state index in [2.05, 4.69) is 10.0 Å². The van der Waals surface area contributed by atoms with E-state index < -0.39 is 10.0 Å². The Bertz CT molecular complexity index is 951. The van der Waals surface area contributed by atoms with E-state index in [0.29, 0.717) is 16.9 Å². The van der Waals surface area contributed by atoms with E-state index in [1.165, 1.54) is 25.1 Å². The van der Waals surface area contributed by atoms with Crippen molar-refractivity contribution >= 4 is 33.1 Å². The summed E-state index contributed by atoms with van der Waals surface area (Å²) >= 11 is 0. The summed E-state index contributed by atoms with van der Waals surface area (Å²) in [6, 6.07) is 10.8. The minimum Gasteiger partial charge on any atom is -0.325 e. The first-order valence-electron chi connectivity index (χ1n) is 7.36. The molecule has 7 heteroatoms. The predicted octanol–water partition coefficient (Wildman–Crippen LogP) is 2.75. The number of benzene rings is 2. The van der Waals surface area contributed by atoms with Crippen LogP contribution in [0.25, 0.3) is 0 Å². The van der Waals surface area contributed by atoms with Crippen molar-refractivity contribution in [3.8, 4) is 0 Å². The Morgan fingerprint density at radius 3 is 2.62 bits per heavy atom. The third-order valence-corrected chi connectivity index (χ3v) is 5.35. The summed E-state index contributed by atoms with van der Waals surface area (Å²) in [4.78, 5) is 23.1. The van der Waals surface area contributed by atoms with Gasteiger partial charge in [0.15, 0.2) is 5.78 Å². The highest BCUT2D eigenvalue weighted by Gasteiger charge is 2.27. The summed E-state index contributed by atoms with van der Waals surface area (Å²) < 4.78 is 27.5. The molecule has 1 amide bonds. The number of rotatable bonds is 4. The number of hydrogen-bond acceptors (Lipinski definition) is 4. The molecule has 1 aliphatic heterocycles. The molecular weight excluding hydrogens is 328 g/mol. The summed E-state index contributed by atoms with van der Waals surface area (Å²) in [5, 5.41) is 2.74. The van der Waals surface area contributed by atoms with E-state index in [4.69, 9.17) is 0 Å². The zero-order valence-corrected chi connectivity index (χ0v) is 14.0. The van der Waals surface area contributed by atoms with Gasteiger partial charge < -0.3 is 5.32 Å². The normalized spacial score (nSPS) is 16.4. The average molecular weight is 344 g/mol. The average Bonchev–Trinajstić information content (AvgIpc) is 2.82. The van der Waals surface area contributed by atoms with Crippen molar-refractivity contribution < 1.29 is 18.0 Å². The van der Waals surface area contributed by atoms with Gasteiger partial charge in [0.2, 0.25) is 5.91 Å². The molecule has 124 valence electrons. The lowest BCUT2D eigenvalue weighted by Crippen LogP contribution is -2.13. The number of hydrogen-bond donors (Lipinski definition) is 2. The molecule has 1 atom stereocenters. The number of nitrogens with one attached hydrogen (secondary N) is 2. The van der Waals surface area contributed by atoms with Crippen LogP contribution < -0.4 is 10.0 Å². The lowest BCUT2D eigenvalue weighted by molar-refractivity contribution is -0.116. The van der Waals surface area contributed by atoms with Crippen LogP contribution in [0.5, 0.6) is 0 Å². The smallest absolute Gasteiger partial charge is 0.261 e. The monoisotopic (exact) mass is 344 g/mol. The molecule has 0 saturated carbocycles. The second kappa shape index (κ2) is 5.76. The summed E-state index contributed by atoms with van der Waals surface area (Å²) in [7, 11) is -3.83. The third kappa shape index (κ3) is 2.90. The molecular formula is C17H16N2O4S. The second-order valence-electron chi connectivity index (χ2n) is 5.70. The van der Waals surface area contributed by atoms with Crippen molar-refractivity contribution in [1.29, 1.82) is 0 Å². The van der Waals surface area contributed by atoms with Gasteiger partial charge in [-0.2, -0.15) is 0 Å². The SMILES string of the molecule is CC(=O)c1cccc(S(=O)(=O)Nc2ccc3c(c2)C(C)C(=O)N3)c1. The van der Waals surface area contributed by atoms with Crippen LogP contribution in [-0.2, 0) is 14.8 Å². The van der Waals surface area contributed by atoms with Crippen molar-refractivity contribution in [2.45, 2.75) is 24.7 Å². The Labute approximate surface area is 139 Å². The lowest BCUT2D eigenvalue weighted by Gasteiger charge is -2.11. The fourth-order valence-electron chi connectivity index (χ4n) is 2.58. The maximum Gasteiger partial charge on any atom is 0.261 e. The highest BCUT2D eigenvalue weighted by atomic mass is 32.2. The van der Waals surface area contributed by atoms with Crippen LogP contribution in [-0.4, -0.2) is 20.1 Å². The van der Waals surface area contributed by atoms with Gasteiger partial charge in [0.1, 0.15) is 0 Å². The van der Waals surface area contributed by atoms with E-state index in [1.54, 1.807) is 31.2 Å². The highest BCUT2D eigenvalue weighted by molar-refractivity contribution is 7.92. The minimum absolute atomic E-state index is 0.0120. The maximum absolute atomic E-state index is 12.5. The predicted molar refractivity (Wildman–Crippen MR) is 90.7 cm³/mol. The Hall–Kier alpha value is -2.67. The summed E-state index contributed by atoms with van der Waals surface area (Å²) in [6.07, 6.45) is 0. The van der Waals surface area contributed by atoms with Crippen molar-refractivity contribution in [3.05, 3.63) is 53.6 Å². The number of fused-ring (bicyclic) bond motifs is 1. The standard InChI is InChI=1S/C17H16N2O4S/c1-10-15-9-13(6-7-16(15)18-17(10)21)19-24(22,23)14-5-3-4-12(8-14)11(2)20/h3-10,19H,1-2H3,(H,18,21). The van der Waals surface area contributed by atoms with Crippen LogP contribution in [0.15, 0.2) is 47.4 Å². The molecule has 6 nitrogen and oxygen atoms in total. The van der Waals surface area contributed by atoms with Crippen LogP contribution in [0.4, 0.5) is 11.4 Å². The lowest BCUT2D eigenvalue weighted by atomic mass is 10.0. The first kappa shape index (κ1) is 16.2. The van der Waals surface area contributed by atoms with Crippen LogP contribution in [0.1, 0.15) is 35.7 Å². The zero-order chi connectivity index (χ0) is 17.5. The van der Waals surface area contributed by atoms with Gasteiger partial charge in [0.25, 0.3) is 10.0 Å². The van der Waals surface area contributed by atoms with Gasteiger partial charge in [0.05, 0.1) is 10.8 Å².